The van der Waals surface area contributed by atoms with E-state index in [0.29, 0.717) is 17.1 Å². The lowest BCUT2D eigenvalue weighted by atomic mass is 10.1. The second-order valence-corrected chi connectivity index (χ2v) is 8.47. The first kappa shape index (κ1) is 21.2. The molecule has 6 heteroatoms. The molecule has 154 valence electrons. The lowest BCUT2D eigenvalue weighted by molar-refractivity contribution is -0.151. The van der Waals surface area contributed by atoms with E-state index in [0.717, 1.165) is 12.8 Å². The first-order valence-electron chi connectivity index (χ1n) is 9.82. The molecule has 5 nitrogen and oxygen atoms in total. The molecule has 0 bridgehead atoms. The van der Waals surface area contributed by atoms with Crippen LogP contribution in [0.4, 0.5) is 0 Å². The van der Waals surface area contributed by atoms with Crippen molar-refractivity contribution in [2.24, 2.45) is 0 Å². The van der Waals surface area contributed by atoms with E-state index < -0.39 is 6.04 Å². The monoisotopic (exact) mass is 413 g/mol. The topological polar surface area (TPSA) is 55.8 Å². The maximum absolute atomic E-state index is 13.4. The zero-order valence-corrected chi connectivity index (χ0v) is 17.9. The Labute approximate surface area is 176 Å². The first-order chi connectivity index (χ1) is 14.0. The summed E-state index contributed by atoms with van der Waals surface area (Å²) < 4.78 is 10.7. The standard InChI is InChI=1S/C23H27NO4S/c1-16(2)28-23(26)20-15-29-21(13-12-17-8-5-4-6-9-17)24(20)22(25)18-10-7-11-19(14-18)27-3/h4-11,14,16,20-21H,12-13,15H2,1-3H3. The second-order valence-electron chi connectivity index (χ2n) is 7.26. The number of nitrogens with zero attached hydrogens (tertiary/aromatic N) is 1. The van der Waals surface area contributed by atoms with E-state index in [4.69, 9.17) is 9.47 Å². The number of aryl methyl sites for hydroxylation is 1. The molecule has 2 atom stereocenters. The van der Waals surface area contributed by atoms with Gasteiger partial charge in [0.25, 0.3) is 5.91 Å². The molecule has 1 aliphatic rings. The Morgan fingerprint density at radius 1 is 1.14 bits per heavy atom. The minimum absolute atomic E-state index is 0.0846. The highest BCUT2D eigenvalue weighted by Crippen LogP contribution is 2.34. The Morgan fingerprint density at radius 3 is 2.59 bits per heavy atom. The SMILES string of the molecule is COc1cccc(C(=O)N2C(CCc3ccccc3)SCC2C(=O)OC(C)C)c1. The molecule has 1 fully saturated rings. The summed E-state index contributed by atoms with van der Waals surface area (Å²) >= 11 is 1.64. The molecule has 0 radical (unpaired) electrons. The molecular formula is C23H27NO4S. The largest absolute Gasteiger partial charge is 0.497 e. The van der Waals surface area contributed by atoms with Crippen molar-refractivity contribution in [3.8, 4) is 5.75 Å². The number of amides is 1. The molecule has 1 saturated heterocycles. The van der Waals surface area contributed by atoms with Gasteiger partial charge in [-0.25, -0.2) is 4.79 Å². The molecule has 1 amide bonds. The average molecular weight is 414 g/mol. The highest BCUT2D eigenvalue weighted by molar-refractivity contribution is 8.00. The van der Waals surface area contributed by atoms with Crippen molar-refractivity contribution < 1.29 is 19.1 Å². The van der Waals surface area contributed by atoms with Gasteiger partial charge >= 0.3 is 5.97 Å². The van der Waals surface area contributed by atoms with Crippen LogP contribution in [0.1, 0.15) is 36.2 Å². The molecule has 1 heterocycles. The summed E-state index contributed by atoms with van der Waals surface area (Å²) in [7, 11) is 1.57. The number of carbonyl (C=O) groups excluding carboxylic acids is 2. The second kappa shape index (κ2) is 9.83. The van der Waals surface area contributed by atoms with E-state index >= 15 is 0 Å². The Bertz CT molecular complexity index is 840. The molecular weight excluding hydrogens is 386 g/mol. The van der Waals surface area contributed by atoms with E-state index in [1.807, 2.05) is 32.0 Å². The summed E-state index contributed by atoms with van der Waals surface area (Å²) in [5.74, 6) is 0.647. The normalized spacial score (nSPS) is 18.7. The molecule has 2 unspecified atom stereocenters. The van der Waals surface area contributed by atoms with Gasteiger partial charge in [-0.15, -0.1) is 11.8 Å². The predicted octanol–water partition coefficient (Wildman–Crippen LogP) is 4.16. The quantitative estimate of drug-likeness (QED) is 0.638. The van der Waals surface area contributed by atoms with Gasteiger partial charge in [0, 0.05) is 11.3 Å². The van der Waals surface area contributed by atoms with Crippen molar-refractivity contribution >= 4 is 23.6 Å². The average Bonchev–Trinajstić information content (AvgIpc) is 3.16. The molecule has 0 aromatic heterocycles. The van der Waals surface area contributed by atoms with E-state index in [1.165, 1.54) is 5.56 Å². The number of benzene rings is 2. The van der Waals surface area contributed by atoms with Gasteiger partial charge in [0.1, 0.15) is 11.8 Å². The molecule has 0 spiro atoms. The molecule has 3 rings (SSSR count). The number of rotatable bonds is 7. The van der Waals surface area contributed by atoms with Crippen molar-refractivity contribution in [2.45, 2.75) is 44.2 Å². The van der Waals surface area contributed by atoms with Crippen molar-refractivity contribution in [3.63, 3.8) is 0 Å². The third kappa shape index (κ3) is 5.32. The van der Waals surface area contributed by atoms with Crippen LogP contribution < -0.4 is 4.74 Å². The van der Waals surface area contributed by atoms with Crippen molar-refractivity contribution in [1.29, 1.82) is 0 Å². The molecule has 0 aliphatic carbocycles. The molecule has 0 N–H and O–H groups in total. The number of ether oxygens (including phenoxy) is 2. The Kier molecular flexibility index (Phi) is 7.20. The van der Waals surface area contributed by atoms with Crippen LogP contribution in [0.25, 0.3) is 0 Å². The molecule has 0 saturated carbocycles. The number of esters is 1. The van der Waals surface area contributed by atoms with Crippen LogP contribution in [0.5, 0.6) is 5.75 Å². The first-order valence-corrected chi connectivity index (χ1v) is 10.9. The number of carbonyl (C=O) groups is 2. The summed E-state index contributed by atoms with van der Waals surface area (Å²) in [5.41, 5.74) is 1.73. The van der Waals surface area contributed by atoms with Gasteiger partial charge in [-0.1, -0.05) is 36.4 Å². The number of hydrogen-bond acceptors (Lipinski definition) is 5. The number of hydrogen-bond donors (Lipinski definition) is 0. The molecule has 1 aliphatic heterocycles. The summed E-state index contributed by atoms with van der Waals surface area (Å²) in [6, 6.07) is 16.7. The Morgan fingerprint density at radius 2 is 1.90 bits per heavy atom. The maximum Gasteiger partial charge on any atom is 0.330 e. The van der Waals surface area contributed by atoms with Gasteiger partial charge in [-0.05, 0) is 50.5 Å². The minimum atomic E-state index is -0.582. The van der Waals surface area contributed by atoms with Gasteiger partial charge in [0.05, 0.1) is 18.6 Å². The Hall–Kier alpha value is -2.47. The maximum atomic E-state index is 13.4. The lowest BCUT2D eigenvalue weighted by Crippen LogP contribution is -2.47. The van der Waals surface area contributed by atoms with E-state index in [1.54, 1.807) is 48.0 Å². The van der Waals surface area contributed by atoms with Crippen molar-refractivity contribution in [3.05, 3.63) is 65.7 Å². The number of methoxy groups -OCH3 is 1. The fraction of sp³-hybridized carbons (Fsp3) is 0.391. The Balaban J connectivity index is 1.82. The smallest absolute Gasteiger partial charge is 0.330 e. The molecule has 2 aromatic rings. The predicted molar refractivity (Wildman–Crippen MR) is 115 cm³/mol. The molecule has 2 aromatic carbocycles. The zero-order valence-electron chi connectivity index (χ0n) is 17.0. The highest BCUT2D eigenvalue weighted by atomic mass is 32.2. The van der Waals surface area contributed by atoms with Crippen LogP contribution in [0.15, 0.2) is 54.6 Å². The molecule has 29 heavy (non-hydrogen) atoms. The summed E-state index contributed by atoms with van der Waals surface area (Å²) in [6.07, 6.45) is 1.40. The lowest BCUT2D eigenvalue weighted by Gasteiger charge is -2.29. The van der Waals surface area contributed by atoms with Crippen LogP contribution in [0.3, 0.4) is 0 Å². The van der Waals surface area contributed by atoms with Gasteiger partial charge in [0.2, 0.25) is 0 Å². The van der Waals surface area contributed by atoms with Crippen LogP contribution >= 0.6 is 11.8 Å². The van der Waals surface area contributed by atoms with Gasteiger partial charge in [-0.3, -0.25) is 4.79 Å². The zero-order chi connectivity index (χ0) is 20.8. The summed E-state index contributed by atoms with van der Waals surface area (Å²) in [4.78, 5) is 27.8. The van der Waals surface area contributed by atoms with Crippen LogP contribution in [-0.2, 0) is 16.0 Å². The third-order valence-electron chi connectivity index (χ3n) is 4.79. The van der Waals surface area contributed by atoms with Gasteiger partial charge in [-0.2, -0.15) is 0 Å². The fourth-order valence-electron chi connectivity index (χ4n) is 3.39. The number of thioether (sulfide) groups is 1. The van der Waals surface area contributed by atoms with Crippen LogP contribution in [-0.4, -0.2) is 47.2 Å². The highest BCUT2D eigenvalue weighted by Gasteiger charge is 2.42. The van der Waals surface area contributed by atoms with Crippen LogP contribution in [0, 0.1) is 0 Å². The third-order valence-corrected chi connectivity index (χ3v) is 6.15. The van der Waals surface area contributed by atoms with Gasteiger partial charge < -0.3 is 14.4 Å². The van der Waals surface area contributed by atoms with E-state index in [-0.39, 0.29) is 23.4 Å². The van der Waals surface area contributed by atoms with Crippen molar-refractivity contribution in [2.75, 3.05) is 12.9 Å². The van der Waals surface area contributed by atoms with Gasteiger partial charge in [0.15, 0.2) is 0 Å². The minimum Gasteiger partial charge on any atom is -0.497 e. The fourth-order valence-corrected chi connectivity index (χ4v) is 4.78. The van der Waals surface area contributed by atoms with Crippen molar-refractivity contribution in [1.82, 2.24) is 4.90 Å². The van der Waals surface area contributed by atoms with Crippen LogP contribution in [0.2, 0.25) is 0 Å². The summed E-state index contributed by atoms with van der Waals surface area (Å²) in [6.45, 7) is 3.64. The summed E-state index contributed by atoms with van der Waals surface area (Å²) in [5, 5.41) is -0.0846. The van der Waals surface area contributed by atoms with E-state index in [2.05, 4.69) is 12.1 Å². The van der Waals surface area contributed by atoms with E-state index in [9.17, 15) is 9.59 Å².